The van der Waals surface area contributed by atoms with Gasteiger partial charge < -0.3 is 20.1 Å². The molecule has 0 aromatic heterocycles. The molecule has 4 rings (SSSR count). The minimum Gasteiger partial charge on any atom is -0.494 e. The van der Waals surface area contributed by atoms with Crippen LogP contribution in [0.15, 0.2) is 109 Å². The zero-order valence-electron chi connectivity index (χ0n) is 18.0. The Hall–Kier alpha value is -3.92. The van der Waals surface area contributed by atoms with Crippen LogP contribution in [0.2, 0.25) is 0 Å². The number of hydrogen-bond acceptors (Lipinski definition) is 4. The van der Waals surface area contributed by atoms with E-state index in [1.807, 2.05) is 109 Å². The monoisotopic (exact) mass is 424 g/mol. The molecule has 2 N–H and O–H groups in total. The van der Waals surface area contributed by atoms with Crippen LogP contribution in [0, 0.1) is 0 Å². The lowest BCUT2D eigenvalue weighted by Gasteiger charge is -2.10. The number of unbranched alkanes of at least 4 members (excludes halogenated alkanes) is 1. The zero-order chi connectivity index (χ0) is 21.8. The second-order valence-corrected chi connectivity index (χ2v) is 7.43. The summed E-state index contributed by atoms with van der Waals surface area (Å²) in [5.41, 5.74) is 4.23. The van der Waals surface area contributed by atoms with Gasteiger partial charge in [-0.05, 0) is 85.6 Å². The second kappa shape index (κ2) is 11.5. The van der Waals surface area contributed by atoms with E-state index in [1.165, 1.54) is 0 Å². The molecule has 4 aromatic carbocycles. The van der Waals surface area contributed by atoms with E-state index in [4.69, 9.17) is 9.47 Å². The SMILES string of the molecule is c1ccc(Nc2ccc(OCCCCOc3ccc(Nc4ccccc4)cc3)cc2)cc1. The van der Waals surface area contributed by atoms with Crippen molar-refractivity contribution in [3.63, 3.8) is 0 Å². The van der Waals surface area contributed by atoms with Crippen molar-refractivity contribution in [2.75, 3.05) is 23.8 Å². The standard InChI is InChI=1S/C28H28N2O2/c1-3-9-23(10-4-1)29-25-13-17-27(18-14-25)31-21-7-8-22-32-28-19-15-26(16-20-28)30-24-11-5-2-6-12-24/h1-6,9-20,29-30H,7-8,21-22H2. The molecule has 0 atom stereocenters. The maximum absolute atomic E-state index is 5.84. The molecule has 0 saturated heterocycles. The molecule has 4 nitrogen and oxygen atoms in total. The Morgan fingerprint density at radius 3 is 1.12 bits per heavy atom. The first-order valence-corrected chi connectivity index (χ1v) is 10.9. The number of nitrogens with one attached hydrogen (secondary N) is 2. The molecule has 0 heterocycles. The Bertz CT molecular complexity index is 961. The number of benzene rings is 4. The van der Waals surface area contributed by atoms with E-state index in [2.05, 4.69) is 10.6 Å². The third-order valence-corrected chi connectivity index (χ3v) is 4.91. The first-order chi connectivity index (χ1) is 15.8. The molecule has 0 aliphatic rings. The van der Waals surface area contributed by atoms with Gasteiger partial charge in [0.05, 0.1) is 13.2 Å². The smallest absolute Gasteiger partial charge is 0.119 e. The molecule has 4 aromatic rings. The number of anilines is 4. The molecule has 32 heavy (non-hydrogen) atoms. The molecule has 0 aliphatic carbocycles. The highest BCUT2D eigenvalue weighted by molar-refractivity contribution is 5.60. The summed E-state index contributed by atoms with van der Waals surface area (Å²) in [5.74, 6) is 1.76. The summed E-state index contributed by atoms with van der Waals surface area (Å²) < 4.78 is 11.7. The maximum Gasteiger partial charge on any atom is 0.119 e. The highest BCUT2D eigenvalue weighted by Crippen LogP contribution is 2.21. The number of para-hydroxylation sites is 2. The Morgan fingerprint density at radius 2 is 0.750 bits per heavy atom. The summed E-state index contributed by atoms with van der Waals surface area (Å²) in [6.45, 7) is 1.35. The minimum absolute atomic E-state index is 0.675. The van der Waals surface area contributed by atoms with Crippen molar-refractivity contribution < 1.29 is 9.47 Å². The van der Waals surface area contributed by atoms with Crippen LogP contribution in [-0.4, -0.2) is 13.2 Å². The Morgan fingerprint density at radius 1 is 0.406 bits per heavy atom. The van der Waals surface area contributed by atoms with E-state index in [-0.39, 0.29) is 0 Å². The van der Waals surface area contributed by atoms with Gasteiger partial charge in [0.25, 0.3) is 0 Å². The number of hydrogen-bond donors (Lipinski definition) is 2. The summed E-state index contributed by atoms with van der Waals surface area (Å²) in [7, 11) is 0. The van der Waals surface area contributed by atoms with Crippen molar-refractivity contribution in [1.82, 2.24) is 0 Å². The van der Waals surface area contributed by atoms with Gasteiger partial charge in [-0.15, -0.1) is 0 Å². The van der Waals surface area contributed by atoms with E-state index in [1.54, 1.807) is 0 Å². The maximum atomic E-state index is 5.84. The van der Waals surface area contributed by atoms with Gasteiger partial charge in [-0.25, -0.2) is 0 Å². The van der Waals surface area contributed by atoms with E-state index >= 15 is 0 Å². The predicted molar refractivity (Wildman–Crippen MR) is 133 cm³/mol. The topological polar surface area (TPSA) is 42.5 Å². The molecular formula is C28H28N2O2. The molecule has 162 valence electrons. The summed E-state index contributed by atoms with van der Waals surface area (Å²) in [4.78, 5) is 0. The Labute approximate surface area is 189 Å². The summed E-state index contributed by atoms with van der Waals surface area (Å²) in [6.07, 6.45) is 1.88. The average molecular weight is 425 g/mol. The molecule has 0 unspecified atom stereocenters. The molecule has 0 radical (unpaired) electrons. The van der Waals surface area contributed by atoms with Crippen LogP contribution in [0.1, 0.15) is 12.8 Å². The van der Waals surface area contributed by atoms with E-state index in [9.17, 15) is 0 Å². The Balaban J connectivity index is 1.11. The average Bonchev–Trinajstić information content (AvgIpc) is 2.85. The molecule has 0 fully saturated rings. The van der Waals surface area contributed by atoms with E-state index in [0.717, 1.165) is 47.1 Å². The van der Waals surface area contributed by atoms with Gasteiger partial charge in [-0.2, -0.15) is 0 Å². The first-order valence-electron chi connectivity index (χ1n) is 10.9. The van der Waals surface area contributed by atoms with Crippen molar-refractivity contribution >= 4 is 22.7 Å². The van der Waals surface area contributed by atoms with Crippen LogP contribution in [0.25, 0.3) is 0 Å². The number of rotatable bonds is 11. The minimum atomic E-state index is 0.675. The number of ether oxygens (including phenoxy) is 2. The fourth-order valence-corrected chi connectivity index (χ4v) is 3.23. The van der Waals surface area contributed by atoms with Crippen LogP contribution in [-0.2, 0) is 0 Å². The quantitative estimate of drug-likeness (QED) is 0.246. The Kier molecular flexibility index (Phi) is 7.64. The van der Waals surface area contributed by atoms with Crippen molar-refractivity contribution in [3.8, 4) is 11.5 Å². The third-order valence-electron chi connectivity index (χ3n) is 4.91. The van der Waals surface area contributed by atoms with Gasteiger partial charge >= 0.3 is 0 Å². The van der Waals surface area contributed by atoms with Crippen LogP contribution in [0.5, 0.6) is 11.5 Å². The first kappa shape index (κ1) is 21.3. The van der Waals surface area contributed by atoms with Gasteiger partial charge in [-0.3, -0.25) is 0 Å². The van der Waals surface area contributed by atoms with Crippen LogP contribution in [0.4, 0.5) is 22.7 Å². The predicted octanol–water partition coefficient (Wildman–Crippen LogP) is 7.41. The fraction of sp³-hybridized carbons (Fsp3) is 0.143. The summed E-state index contributed by atoms with van der Waals surface area (Å²) in [5, 5.41) is 6.74. The van der Waals surface area contributed by atoms with Gasteiger partial charge in [0, 0.05) is 22.7 Å². The molecule has 0 spiro atoms. The normalized spacial score (nSPS) is 10.4. The second-order valence-electron chi connectivity index (χ2n) is 7.43. The van der Waals surface area contributed by atoms with Gasteiger partial charge in [0.15, 0.2) is 0 Å². The highest BCUT2D eigenvalue weighted by atomic mass is 16.5. The molecule has 0 amide bonds. The molecule has 4 heteroatoms. The van der Waals surface area contributed by atoms with Crippen LogP contribution >= 0.6 is 0 Å². The molecule has 0 aliphatic heterocycles. The summed E-state index contributed by atoms with van der Waals surface area (Å²) in [6, 6.07) is 36.3. The zero-order valence-corrected chi connectivity index (χ0v) is 18.0. The van der Waals surface area contributed by atoms with Crippen LogP contribution < -0.4 is 20.1 Å². The molecule has 0 saturated carbocycles. The van der Waals surface area contributed by atoms with Gasteiger partial charge in [0.2, 0.25) is 0 Å². The molecular weight excluding hydrogens is 396 g/mol. The lowest BCUT2D eigenvalue weighted by molar-refractivity contribution is 0.266. The van der Waals surface area contributed by atoms with E-state index < -0.39 is 0 Å². The fourth-order valence-electron chi connectivity index (χ4n) is 3.23. The van der Waals surface area contributed by atoms with Gasteiger partial charge in [-0.1, -0.05) is 36.4 Å². The third kappa shape index (κ3) is 6.81. The lowest BCUT2D eigenvalue weighted by atomic mass is 10.2. The van der Waals surface area contributed by atoms with Crippen LogP contribution in [0.3, 0.4) is 0 Å². The van der Waals surface area contributed by atoms with Crippen molar-refractivity contribution in [1.29, 1.82) is 0 Å². The summed E-state index contributed by atoms with van der Waals surface area (Å²) >= 11 is 0. The largest absolute Gasteiger partial charge is 0.494 e. The highest BCUT2D eigenvalue weighted by Gasteiger charge is 1.99. The van der Waals surface area contributed by atoms with E-state index in [0.29, 0.717) is 13.2 Å². The lowest BCUT2D eigenvalue weighted by Crippen LogP contribution is -2.02. The molecule has 0 bridgehead atoms. The van der Waals surface area contributed by atoms with Crippen molar-refractivity contribution in [2.24, 2.45) is 0 Å². The van der Waals surface area contributed by atoms with Gasteiger partial charge in [0.1, 0.15) is 11.5 Å². The van der Waals surface area contributed by atoms with Crippen molar-refractivity contribution in [3.05, 3.63) is 109 Å². The van der Waals surface area contributed by atoms with Crippen molar-refractivity contribution in [2.45, 2.75) is 12.8 Å².